The first-order chi connectivity index (χ1) is 9.66. The van der Waals surface area contributed by atoms with Crippen LogP contribution in [0.5, 0.6) is 0 Å². The van der Waals surface area contributed by atoms with Crippen LogP contribution in [0.3, 0.4) is 0 Å². The number of nitrogens with two attached hydrogens (primary N) is 1. The molecule has 1 amide bonds. The summed E-state index contributed by atoms with van der Waals surface area (Å²) < 4.78 is 37.6. The van der Waals surface area contributed by atoms with Crippen LogP contribution in [0.2, 0.25) is 0 Å². The van der Waals surface area contributed by atoms with Crippen molar-refractivity contribution >= 4 is 17.3 Å². The number of carbonyl (C=O) groups is 1. The molecule has 0 spiro atoms. The predicted molar refractivity (Wildman–Crippen MR) is 76.9 cm³/mol. The molecule has 0 aliphatic rings. The minimum atomic E-state index is -4.45. The zero-order chi connectivity index (χ0) is 16.2. The smallest absolute Gasteiger partial charge is 0.397 e. The number of carbonyl (C=O) groups excluding carboxylic acids is 1. The summed E-state index contributed by atoms with van der Waals surface area (Å²) in [5.74, 6) is -0.308. The van der Waals surface area contributed by atoms with Gasteiger partial charge in [0.15, 0.2) is 0 Å². The van der Waals surface area contributed by atoms with Crippen molar-refractivity contribution in [1.82, 2.24) is 4.90 Å². The van der Waals surface area contributed by atoms with Gasteiger partial charge in [-0.25, -0.2) is 0 Å². The third-order valence-corrected chi connectivity index (χ3v) is 3.25. The van der Waals surface area contributed by atoms with Crippen LogP contribution in [0.25, 0.3) is 0 Å². The van der Waals surface area contributed by atoms with E-state index in [1.54, 1.807) is 6.92 Å². The first kappa shape index (κ1) is 17.3. The average molecular weight is 303 g/mol. The van der Waals surface area contributed by atoms with Crippen molar-refractivity contribution < 1.29 is 18.0 Å². The van der Waals surface area contributed by atoms with Crippen molar-refractivity contribution in [2.45, 2.75) is 32.5 Å². The number of benzene rings is 1. The van der Waals surface area contributed by atoms with Crippen LogP contribution in [0.15, 0.2) is 18.2 Å². The minimum Gasteiger partial charge on any atom is -0.397 e. The van der Waals surface area contributed by atoms with Gasteiger partial charge in [-0.2, -0.15) is 13.2 Å². The molecule has 0 bridgehead atoms. The second-order valence-electron chi connectivity index (χ2n) is 4.95. The van der Waals surface area contributed by atoms with Crippen LogP contribution in [0.1, 0.15) is 25.8 Å². The summed E-state index contributed by atoms with van der Waals surface area (Å²) in [5.41, 5.74) is 4.81. The highest BCUT2D eigenvalue weighted by Gasteiger charge is 2.31. The lowest BCUT2D eigenvalue weighted by Gasteiger charge is -2.23. The molecule has 118 valence electrons. The number of nitrogens with zero attached hydrogens (tertiary/aromatic N) is 1. The minimum absolute atomic E-state index is 0.108. The number of likely N-dealkylation sites (N-methyl/N-ethyl adjacent to an activating group) is 1. The summed E-state index contributed by atoms with van der Waals surface area (Å²) in [6, 6.07) is 2.48. The third-order valence-electron chi connectivity index (χ3n) is 3.25. The number of alkyl halides is 3. The van der Waals surface area contributed by atoms with Gasteiger partial charge in [-0.15, -0.1) is 0 Å². The van der Waals surface area contributed by atoms with Crippen molar-refractivity contribution in [3.63, 3.8) is 0 Å². The Balaban J connectivity index is 2.82. The van der Waals surface area contributed by atoms with Gasteiger partial charge >= 0.3 is 6.18 Å². The molecular formula is C14H20F3N3O. The van der Waals surface area contributed by atoms with E-state index in [9.17, 15) is 18.0 Å². The zero-order valence-electron chi connectivity index (χ0n) is 12.3. The van der Waals surface area contributed by atoms with Crippen LogP contribution in [-0.4, -0.2) is 30.4 Å². The maximum Gasteiger partial charge on any atom is 0.416 e. The molecule has 0 heterocycles. The fourth-order valence-corrected chi connectivity index (χ4v) is 1.84. The van der Waals surface area contributed by atoms with Gasteiger partial charge in [-0.3, -0.25) is 9.69 Å². The molecule has 3 N–H and O–H groups in total. The number of nitrogen functional groups attached to an aromatic ring is 1. The number of hydrogen-bond donors (Lipinski definition) is 2. The molecule has 0 aliphatic carbocycles. The largest absolute Gasteiger partial charge is 0.416 e. The molecule has 4 nitrogen and oxygen atoms in total. The Bertz CT molecular complexity index is 503. The Hall–Kier alpha value is -1.76. The average Bonchev–Trinajstić information content (AvgIpc) is 2.39. The van der Waals surface area contributed by atoms with Crippen molar-refractivity contribution in [3.8, 4) is 0 Å². The molecule has 0 saturated heterocycles. The Morgan fingerprint density at radius 2 is 2.05 bits per heavy atom. The van der Waals surface area contributed by atoms with E-state index in [1.165, 1.54) is 6.07 Å². The van der Waals surface area contributed by atoms with Crippen molar-refractivity contribution in [1.29, 1.82) is 0 Å². The normalized spacial score (nSPS) is 13.3. The summed E-state index contributed by atoms with van der Waals surface area (Å²) in [7, 11) is 1.81. The van der Waals surface area contributed by atoms with Gasteiger partial charge in [0.1, 0.15) is 0 Å². The molecule has 1 atom stereocenters. The maximum absolute atomic E-state index is 12.5. The molecule has 21 heavy (non-hydrogen) atoms. The van der Waals surface area contributed by atoms with E-state index in [0.717, 1.165) is 25.1 Å². The fourth-order valence-electron chi connectivity index (χ4n) is 1.84. The Morgan fingerprint density at radius 3 is 2.52 bits per heavy atom. The number of hydrogen-bond acceptors (Lipinski definition) is 3. The van der Waals surface area contributed by atoms with Gasteiger partial charge in [0, 0.05) is 0 Å². The summed E-state index contributed by atoms with van der Waals surface area (Å²) in [4.78, 5) is 13.9. The van der Waals surface area contributed by atoms with Gasteiger partial charge in [0.05, 0.1) is 23.0 Å². The highest BCUT2D eigenvalue weighted by molar-refractivity contribution is 5.97. The van der Waals surface area contributed by atoms with Gasteiger partial charge in [-0.1, -0.05) is 6.92 Å². The molecule has 1 rings (SSSR count). The van der Waals surface area contributed by atoms with E-state index < -0.39 is 17.8 Å². The Morgan fingerprint density at radius 1 is 1.43 bits per heavy atom. The first-order valence-corrected chi connectivity index (χ1v) is 6.64. The van der Waals surface area contributed by atoms with E-state index in [4.69, 9.17) is 5.73 Å². The van der Waals surface area contributed by atoms with Gasteiger partial charge in [-0.05, 0) is 45.1 Å². The molecule has 7 heteroatoms. The molecule has 0 aliphatic heterocycles. The number of amides is 1. The highest BCUT2D eigenvalue weighted by atomic mass is 19.4. The second kappa shape index (κ2) is 6.80. The summed E-state index contributed by atoms with van der Waals surface area (Å²) in [6.45, 7) is 4.47. The predicted octanol–water partition coefficient (Wildman–Crippen LogP) is 2.96. The van der Waals surface area contributed by atoms with Crippen LogP contribution in [0, 0.1) is 0 Å². The summed E-state index contributed by atoms with van der Waals surface area (Å²) in [6.07, 6.45) is -3.55. The first-order valence-electron chi connectivity index (χ1n) is 6.64. The van der Waals surface area contributed by atoms with E-state index in [2.05, 4.69) is 5.32 Å². The van der Waals surface area contributed by atoms with Gasteiger partial charge in [0.2, 0.25) is 5.91 Å². The summed E-state index contributed by atoms with van der Waals surface area (Å²) in [5, 5.41) is 2.55. The molecule has 1 unspecified atom stereocenters. The van der Waals surface area contributed by atoms with Crippen LogP contribution in [-0.2, 0) is 11.0 Å². The lowest BCUT2D eigenvalue weighted by Crippen LogP contribution is -2.40. The molecule has 0 radical (unpaired) electrons. The third kappa shape index (κ3) is 4.63. The van der Waals surface area contributed by atoms with E-state index >= 15 is 0 Å². The van der Waals surface area contributed by atoms with Crippen LogP contribution >= 0.6 is 0 Å². The molecule has 1 aromatic carbocycles. The van der Waals surface area contributed by atoms with Crippen molar-refractivity contribution in [2.24, 2.45) is 0 Å². The van der Waals surface area contributed by atoms with Crippen molar-refractivity contribution in [2.75, 3.05) is 24.6 Å². The van der Waals surface area contributed by atoms with Crippen LogP contribution in [0.4, 0.5) is 24.5 Å². The molecule has 1 aromatic rings. The Labute approximate surface area is 122 Å². The van der Waals surface area contributed by atoms with Crippen molar-refractivity contribution in [3.05, 3.63) is 23.8 Å². The highest BCUT2D eigenvalue weighted by Crippen LogP contribution is 2.32. The number of nitrogens with one attached hydrogen (secondary N) is 1. The molecule has 0 fully saturated rings. The number of halogens is 3. The number of anilines is 2. The monoisotopic (exact) mass is 303 g/mol. The molecule has 0 saturated carbocycles. The lowest BCUT2D eigenvalue weighted by molar-refractivity contribution is -0.137. The topological polar surface area (TPSA) is 58.4 Å². The fraction of sp³-hybridized carbons (Fsp3) is 0.500. The summed E-state index contributed by atoms with van der Waals surface area (Å²) >= 11 is 0. The maximum atomic E-state index is 12.5. The standard InChI is InChI=1S/C14H20F3N3O/c1-4-7-20(3)9(2)13(21)19-12-6-5-10(8-11(12)18)14(15,16)17/h5-6,8-9H,4,7,18H2,1-3H3,(H,19,21). The Kier molecular flexibility index (Phi) is 5.60. The van der Waals surface area contributed by atoms with Gasteiger partial charge in [0.25, 0.3) is 0 Å². The second-order valence-corrected chi connectivity index (χ2v) is 4.95. The zero-order valence-corrected chi connectivity index (χ0v) is 12.3. The van der Waals surface area contributed by atoms with Crippen LogP contribution < -0.4 is 11.1 Å². The van der Waals surface area contributed by atoms with Gasteiger partial charge < -0.3 is 11.1 Å². The van der Waals surface area contributed by atoms with E-state index in [-0.39, 0.29) is 17.3 Å². The SMILES string of the molecule is CCCN(C)C(C)C(=O)Nc1ccc(C(F)(F)F)cc1N. The number of rotatable bonds is 5. The van der Waals surface area contributed by atoms with E-state index in [1.807, 2.05) is 18.9 Å². The van der Waals surface area contributed by atoms with E-state index in [0.29, 0.717) is 0 Å². The lowest BCUT2D eigenvalue weighted by atomic mass is 10.1. The quantitative estimate of drug-likeness (QED) is 0.822. The molecule has 0 aromatic heterocycles. The molecular weight excluding hydrogens is 283 g/mol.